The van der Waals surface area contributed by atoms with Crippen molar-refractivity contribution >= 4 is 5.78 Å². The van der Waals surface area contributed by atoms with E-state index in [-0.39, 0.29) is 5.78 Å². The zero-order valence-corrected chi connectivity index (χ0v) is 12.9. The molecule has 0 aliphatic rings. The Labute approximate surface area is 126 Å². The van der Waals surface area contributed by atoms with Gasteiger partial charge < -0.3 is 10.5 Å². The molecule has 0 fully saturated rings. The maximum atomic E-state index is 11.1. The van der Waals surface area contributed by atoms with Crippen LogP contribution in [0.5, 0.6) is 11.5 Å². The topological polar surface area (TPSA) is 52.3 Å². The van der Waals surface area contributed by atoms with Gasteiger partial charge in [-0.15, -0.1) is 0 Å². The van der Waals surface area contributed by atoms with Gasteiger partial charge >= 0.3 is 0 Å². The average molecular weight is 285 g/mol. The molecule has 0 heterocycles. The van der Waals surface area contributed by atoms with Gasteiger partial charge in [0, 0.05) is 0 Å². The van der Waals surface area contributed by atoms with Crippen molar-refractivity contribution in [2.75, 3.05) is 0 Å². The molecule has 0 bridgehead atoms. The number of nitrogens with two attached hydrogens (primary N) is 1. The molecule has 0 aromatic heterocycles. The molecule has 0 saturated carbocycles. The van der Waals surface area contributed by atoms with Crippen LogP contribution in [-0.2, 0) is 11.2 Å². The van der Waals surface area contributed by atoms with Crippen LogP contribution in [0.1, 0.15) is 26.3 Å². The number of rotatable bonds is 5. The smallest absolute Gasteiger partial charge is 0.146 e. The number of hydrogen-bond donors (Lipinski definition) is 1. The lowest BCUT2D eigenvalue weighted by Gasteiger charge is -2.09. The number of carbonyl (C=O) groups is 1. The number of para-hydroxylation sites is 1. The van der Waals surface area contributed by atoms with Crippen molar-refractivity contribution in [2.24, 2.45) is 5.73 Å². The van der Waals surface area contributed by atoms with Gasteiger partial charge in [-0.25, -0.2) is 0 Å². The largest absolute Gasteiger partial charge is 0.457 e. The normalized spacial score (nSPS) is 11.0. The van der Waals surface area contributed by atoms with Crippen LogP contribution in [0.15, 0.2) is 54.6 Å². The van der Waals surface area contributed by atoms with E-state index in [1.807, 2.05) is 68.4 Å². The Kier molecular flexibility index (Phi) is 7.19. The number of ether oxygens (including phenoxy) is 1. The number of ketones is 1. The summed E-state index contributed by atoms with van der Waals surface area (Å²) in [6.07, 6.45) is 0.556. The van der Waals surface area contributed by atoms with Crippen molar-refractivity contribution in [2.45, 2.75) is 33.2 Å². The van der Waals surface area contributed by atoms with Gasteiger partial charge in [0.2, 0.25) is 0 Å². The van der Waals surface area contributed by atoms with Crippen molar-refractivity contribution in [1.82, 2.24) is 0 Å². The zero-order valence-electron chi connectivity index (χ0n) is 12.9. The summed E-state index contributed by atoms with van der Waals surface area (Å²) in [6, 6.07) is 16.8. The van der Waals surface area contributed by atoms with E-state index >= 15 is 0 Å². The van der Waals surface area contributed by atoms with Crippen molar-refractivity contribution in [3.8, 4) is 11.5 Å². The van der Waals surface area contributed by atoms with Gasteiger partial charge in [-0.2, -0.15) is 0 Å². The summed E-state index contributed by atoms with van der Waals surface area (Å²) >= 11 is 0. The highest BCUT2D eigenvalue weighted by molar-refractivity contribution is 5.81. The molecule has 0 aliphatic heterocycles. The lowest BCUT2D eigenvalue weighted by molar-refractivity contribution is -0.118. The molecule has 2 N–H and O–H groups in total. The summed E-state index contributed by atoms with van der Waals surface area (Å²) in [5.41, 5.74) is 6.76. The molecule has 1 atom stereocenters. The average Bonchev–Trinajstić information content (AvgIpc) is 2.52. The standard InChI is InChI=1S/C16H17NO2.C2H6/c1-12(18)16(17)11-13-7-9-15(10-8-13)19-14-5-3-2-4-6-14;1-2/h2-10,16H,11,17H2,1H3;1-2H3. The van der Waals surface area contributed by atoms with Gasteiger partial charge in [0.25, 0.3) is 0 Å². The first-order valence-electron chi connectivity index (χ1n) is 7.23. The Morgan fingerprint density at radius 3 is 2.05 bits per heavy atom. The van der Waals surface area contributed by atoms with Crippen molar-refractivity contribution in [1.29, 1.82) is 0 Å². The summed E-state index contributed by atoms with van der Waals surface area (Å²) < 4.78 is 5.69. The molecule has 112 valence electrons. The second-order valence-electron chi connectivity index (χ2n) is 4.48. The maximum Gasteiger partial charge on any atom is 0.146 e. The molecule has 2 rings (SSSR count). The van der Waals surface area contributed by atoms with Gasteiger partial charge in [0.15, 0.2) is 0 Å². The minimum absolute atomic E-state index is 0.00427. The Bertz CT molecular complexity index is 535. The van der Waals surface area contributed by atoms with Crippen LogP contribution in [0.25, 0.3) is 0 Å². The molecule has 0 amide bonds. The van der Waals surface area contributed by atoms with E-state index in [1.165, 1.54) is 6.92 Å². The summed E-state index contributed by atoms with van der Waals surface area (Å²) in [4.78, 5) is 11.1. The Morgan fingerprint density at radius 1 is 1.00 bits per heavy atom. The first kappa shape index (κ1) is 16.9. The molecular weight excluding hydrogens is 262 g/mol. The third kappa shape index (κ3) is 5.79. The van der Waals surface area contributed by atoms with Crippen LogP contribution in [0.2, 0.25) is 0 Å². The molecule has 0 aliphatic carbocycles. The van der Waals surface area contributed by atoms with Gasteiger partial charge in [0.05, 0.1) is 6.04 Å². The molecule has 2 aromatic carbocycles. The number of Topliss-reactive ketones (excluding diaryl/α,β-unsaturated/α-hetero) is 1. The van der Waals surface area contributed by atoms with Crippen molar-refractivity contribution in [3.63, 3.8) is 0 Å². The molecule has 3 heteroatoms. The van der Waals surface area contributed by atoms with E-state index in [0.717, 1.165) is 17.1 Å². The SMILES string of the molecule is CC.CC(=O)C(N)Cc1ccc(Oc2ccccc2)cc1. The van der Waals surface area contributed by atoms with E-state index in [2.05, 4.69) is 0 Å². The van der Waals surface area contributed by atoms with E-state index in [0.29, 0.717) is 6.42 Å². The predicted molar refractivity (Wildman–Crippen MR) is 86.7 cm³/mol. The third-order valence-corrected chi connectivity index (χ3v) is 2.88. The molecule has 2 aromatic rings. The highest BCUT2D eigenvalue weighted by atomic mass is 16.5. The molecular formula is C18H23NO2. The Morgan fingerprint density at radius 2 is 1.52 bits per heavy atom. The van der Waals surface area contributed by atoms with Crippen LogP contribution in [-0.4, -0.2) is 11.8 Å². The van der Waals surface area contributed by atoms with Gasteiger partial charge in [-0.3, -0.25) is 4.79 Å². The molecule has 21 heavy (non-hydrogen) atoms. The first-order chi connectivity index (χ1) is 10.1. The molecule has 0 radical (unpaired) electrons. The van der Waals surface area contributed by atoms with Crippen LogP contribution >= 0.6 is 0 Å². The fourth-order valence-corrected chi connectivity index (χ4v) is 1.72. The van der Waals surface area contributed by atoms with Gasteiger partial charge in [-0.05, 0) is 43.2 Å². The summed E-state index contributed by atoms with van der Waals surface area (Å²) in [7, 11) is 0. The summed E-state index contributed by atoms with van der Waals surface area (Å²) in [5.74, 6) is 1.58. The Balaban J connectivity index is 0.00000106. The minimum Gasteiger partial charge on any atom is -0.457 e. The predicted octanol–water partition coefficient (Wildman–Crippen LogP) is 3.96. The van der Waals surface area contributed by atoms with E-state index in [9.17, 15) is 4.79 Å². The number of benzene rings is 2. The monoisotopic (exact) mass is 285 g/mol. The molecule has 1 unspecified atom stereocenters. The van der Waals surface area contributed by atoms with Gasteiger partial charge in [0.1, 0.15) is 17.3 Å². The first-order valence-corrected chi connectivity index (χ1v) is 7.23. The fraction of sp³-hybridized carbons (Fsp3) is 0.278. The number of hydrogen-bond acceptors (Lipinski definition) is 3. The maximum absolute atomic E-state index is 11.1. The van der Waals surface area contributed by atoms with Crippen LogP contribution < -0.4 is 10.5 Å². The zero-order chi connectivity index (χ0) is 15.7. The van der Waals surface area contributed by atoms with E-state index in [4.69, 9.17) is 10.5 Å². The lowest BCUT2D eigenvalue weighted by atomic mass is 10.0. The minimum atomic E-state index is -0.430. The fourth-order valence-electron chi connectivity index (χ4n) is 1.72. The van der Waals surface area contributed by atoms with Crippen molar-refractivity contribution < 1.29 is 9.53 Å². The van der Waals surface area contributed by atoms with Crippen molar-refractivity contribution in [3.05, 3.63) is 60.2 Å². The Hall–Kier alpha value is -2.13. The molecule has 3 nitrogen and oxygen atoms in total. The number of carbonyl (C=O) groups excluding carboxylic acids is 1. The highest BCUT2D eigenvalue weighted by Gasteiger charge is 2.08. The highest BCUT2D eigenvalue weighted by Crippen LogP contribution is 2.21. The molecule has 0 saturated heterocycles. The second kappa shape index (κ2) is 8.93. The summed E-state index contributed by atoms with van der Waals surface area (Å²) in [6.45, 7) is 5.51. The van der Waals surface area contributed by atoms with E-state index in [1.54, 1.807) is 0 Å². The lowest BCUT2D eigenvalue weighted by Crippen LogP contribution is -2.30. The second-order valence-corrected chi connectivity index (χ2v) is 4.48. The van der Waals surface area contributed by atoms with Crippen LogP contribution in [0, 0.1) is 0 Å². The van der Waals surface area contributed by atoms with Crippen LogP contribution in [0.4, 0.5) is 0 Å². The quantitative estimate of drug-likeness (QED) is 0.904. The van der Waals surface area contributed by atoms with E-state index < -0.39 is 6.04 Å². The van der Waals surface area contributed by atoms with Gasteiger partial charge in [-0.1, -0.05) is 44.2 Å². The molecule has 0 spiro atoms. The summed E-state index contributed by atoms with van der Waals surface area (Å²) in [5, 5.41) is 0. The van der Waals surface area contributed by atoms with Crippen LogP contribution in [0.3, 0.4) is 0 Å². The third-order valence-electron chi connectivity index (χ3n) is 2.88.